The molecular weight excluding hydrogens is 319 g/mol. The summed E-state index contributed by atoms with van der Waals surface area (Å²) in [6.07, 6.45) is -1.05. The summed E-state index contributed by atoms with van der Waals surface area (Å²) in [5, 5.41) is 13.2. The second-order valence-corrected chi connectivity index (χ2v) is 5.32. The minimum Gasteiger partial charge on any atom is -0.479 e. The monoisotopic (exact) mass is 334 g/mol. The maximum absolute atomic E-state index is 13.0. The molecule has 24 heavy (non-hydrogen) atoms. The number of carboxylic acids is 1. The summed E-state index contributed by atoms with van der Waals surface area (Å²) in [6, 6.07) is 5.63. The zero-order chi connectivity index (χ0) is 17.3. The first-order valence-electron chi connectivity index (χ1n) is 7.29. The van der Waals surface area contributed by atoms with Crippen LogP contribution in [0.15, 0.2) is 24.3 Å². The van der Waals surface area contributed by atoms with E-state index in [1.54, 1.807) is 6.92 Å². The molecule has 1 aliphatic rings. The van der Waals surface area contributed by atoms with Gasteiger partial charge in [-0.1, -0.05) is 0 Å². The molecule has 0 bridgehead atoms. The number of carbonyl (C=O) groups is 2. The van der Waals surface area contributed by atoms with Gasteiger partial charge in [0.25, 0.3) is 5.91 Å². The molecule has 1 atom stereocenters. The number of rotatable bonds is 3. The van der Waals surface area contributed by atoms with Crippen molar-refractivity contribution in [2.24, 2.45) is 0 Å². The molecule has 2 aromatic rings. The summed E-state index contributed by atoms with van der Waals surface area (Å²) >= 11 is 0. The highest BCUT2D eigenvalue weighted by Gasteiger charge is 2.31. The SMILES string of the molecule is Cc1nc(C(=O)N2CCOC(C(=O)O)C2)nn1-c1ccc(F)cc1. The Bertz CT molecular complexity index is 774. The minimum absolute atomic E-state index is 0.0390. The quantitative estimate of drug-likeness (QED) is 0.885. The first kappa shape index (κ1) is 16.1. The highest BCUT2D eigenvalue weighted by atomic mass is 19.1. The number of morpholine rings is 1. The average Bonchev–Trinajstić information content (AvgIpc) is 2.97. The molecule has 1 aromatic heterocycles. The van der Waals surface area contributed by atoms with Crippen molar-refractivity contribution in [3.8, 4) is 5.69 Å². The Morgan fingerprint density at radius 1 is 1.33 bits per heavy atom. The average molecular weight is 334 g/mol. The molecule has 1 aliphatic heterocycles. The Labute approximate surface area is 136 Å². The van der Waals surface area contributed by atoms with Crippen molar-refractivity contribution < 1.29 is 23.8 Å². The van der Waals surface area contributed by atoms with E-state index in [9.17, 15) is 14.0 Å². The molecule has 9 heteroatoms. The van der Waals surface area contributed by atoms with Crippen LogP contribution < -0.4 is 0 Å². The van der Waals surface area contributed by atoms with E-state index in [1.165, 1.54) is 33.8 Å². The van der Waals surface area contributed by atoms with Crippen LogP contribution in [0.5, 0.6) is 0 Å². The number of amides is 1. The topological polar surface area (TPSA) is 97.6 Å². The van der Waals surface area contributed by atoms with Crippen molar-refractivity contribution in [3.63, 3.8) is 0 Å². The number of ether oxygens (including phenoxy) is 1. The number of carbonyl (C=O) groups excluding carboxylic acids is 1. The lowest BCUT2D eigenvalue weighted by Gasteiger charge is -2.29. The standard InChI is InChI=1S/C15H15FN4O4/c1-9-17-13(18-20(9)11-4-2-10(16)3-5-11)14(21)19-6-7-24-12(8-19)15(22)23/h2-5,12H,6-8H2,1H3,(H,22,23). The van der Waals surface area contributed by atoms with Gasteiger partial charge in [-0.3, -0.25) is 4.79 Å². The van der Waals surface area contributed by atoms with Crippen LogP contribution in [-0.2, 0) is 9.53 Å². The number of aliphatic carboxylic acids is 1. The number of carboxylic acid groups (broad SMARTS) is 1. The van der Waals surface area contributed by atoms with Crippen molar-refractivity contribution in [2.75, 3.05) is 19.7 Å². The highest BCUT2D eigenvalue weighted by Crippen LogP contribution is 2.13. The smallest absolute Gasteiger partial charge is 0.334 e. The third-order valence-electron chi connectivity index (χ3n) is 3.66. The number of aromatic nitrogens is 3. The van der Waals surface area contributed by atoms with Gasteiger partial charge in [-0.25, -0.2) is 18.9 Å². The van der Waals surface area contributed by atoms with E-state index in [1.807, 2.05) is 0 Å². The lowest BCUT2D eigenvalue weighted by Crippen LogP contribution is -2.48. The van der Waals surface area contributed by atoms with Gasteiger partial charge in [-0.2, -0.15) is 0 Å². The summed E-state index contributed by atoms with van der Waals surface area (Å²) in [7, 11) is 0. The number of halogens is 1. The molecule has 3 rings (SSSR count). The fourth-order valence-corrected chi connectivity index (χ4v) is 2.43. The predicted octanol–water partition coefficient (Wildman–Crippen LogP) is 0.640. The molecule has 1 N–H and O–H groups in total. The maximum atomic E-state index is 13.0. The van der Waals surface area contributed by atoms with Gasteiger partial charge in [0, 0.05) is 6.54 Å². The van der Waals surface area contributed by atoms with E-state index >= 15 is 0 Å². The Morgan fingerprint density at radius 3 is 2.71 bits per heavy atom. The lowest BCUT2D eigenvalue weighted by atomic mass is 10.2. The van der Waals surface area contributed by atoms with Gasteiger partial charge in [-0.05, 0) is 31.2 Å². The van der Waals surface area contributed by atoms with E-state index in [2.05, 4.69) is 10.1 Å². The number of benzene rings is 1. The molecule has 0 aliphatic carbocycles. The lowest BCUT2D eigenvalue weighted by molar-refractivity contribution is -0.154. The highest BCUT2D eigenvalue weighted by molar-refractivity contribution is 5.91. The molecule has 1 saturated heterocycles. The molecule has 8 nitrogen and oxygen atoms in total. The molecule has 126 valence electrons. The van der Waals surface area contributed by atoms with Crippen LogP contribution in [0, 0.1) is 12.7 Å². The van der Waals surface area contributed by atoms with Crippen LogP contribution in [0.2, 0.25) is 0 Å². The van der Waals surface area contributed by atoms with Gasteiger partial charge in [0.1, 0.15) is 11.6 Å². The van der Waals surface area contributed by atoms with Crippen LogP contribution in [0.1, 0.15) is 16.4 Å². The number of hydrogen-bond acceptors (Lipinski definition) is 5. The largest absolute Gasteiger partial charge is 0.479 e. The van der Waals surface area contributed by atoms with E-state index < -0.39 is 18.0 Å². The summed E-state index contributed by atoms with van der Waals surface area (Å²) in [5.74, 6) is -1.53. The number of hydrogen-bond donors (Lipinski definition) is 1. The van der Waals surface area contributed by atoms with Gasteiger partial charge >= 0.3 is 5.97 Å². The van der Waals surface area contributed by atoms with Crippen molar-refractivity contribution in [3.05, 3.63) is 41.7 Å². The Kier molecular flexibility index (Phi) is 4.26. The summed E-state index contributed by atoms with van der Waals surface area (Å²) in [4.78, 5) is 29.0. The second-order valence-electron chi connectivity index (χ2n) is 5.32. The molecule has 1 unspecified atom stereocenters. The fraction of sp³-hybridized carbons (Fsp3) is 0.333. The van der Waals surface area contributed by atoms with Crippen LogP contribution in [-0.4, -0.2) is 62.4 Å². The molecule has 1 aromatic carbocycles. The minimum atomic E-state index is -1.12. The van der Waals surface area contributed by atoms with E-state index in [0.29, 0.717) is 11.5 Å². The van der Waals surface area contributed by atoms with Crippen LogP contribution in [0.4, 0.5) is 4.39 Å². The first-order chi connectivity index (χ1) is 11.5. The molecule has 0 radical (unpaired) electrons. The third kappa shape index (κ3) is 3.11. The van der Waals surface area contributed by atoms with Gasteiger partial charge in [0.15, 0.2) is 6.10 Å². The van der Waals surface area contributed by atoms with Gasteiger partial charge < -0.3 is 14.7 Å². The van der Waals surface area contributed by atoms with Crippen LogP contribution in [0.25, 0.3) is 5.69 Å². The number of aryl methyl sites for hydroxylation is 1. The van der Waals surface area contributed by atoms with Gasteiger partial charge in [0.2, 0.25) is 5.82 Å². The van der Waals surface area contributed by atoms with E-state index in [4.69, 9.17) is 9.84 Å². The van der Waals surface area contributed by atoms with E-state index in [0.717, 1.165) is 0 Å². The number of nitrogens with zero attached hydrogens (tertiary/aromatic N) is 4. The van der Waals surface area contributed by atoms with Gasteiger partial charge in [-0.15, -0.1) is 5.10 Å². The molecule has 0 spiro atoms. The van der Waals surface area contributed by atoms with E-state index in [-0.39, 0.29) is 31.3 Å². The van der Waals surface area contributed by atoms with Crippen molar-refractivity contribution >= 4 is 11.9 Å². The molecule has 0 saturated carbocycles. The normalized spacial score (nSPS) is 17.8. The maximum Gasteiger partial charge on any atom is 0.334 e. The van der Waals surface area contributed by atoms with Crippen LogP contribution >= 0.6 is 0 Å². The molecule has 1 fully saturated rings. The Balaban J connectivity index is 1.82. The first-order valence-corrected chi connectivity index (χ1v) is 7.29. The zero-order valence-electron chi connectivity index (χ0n) is 12.8. The fourth-order valence-electron chi connectivity index (χ4n) is 2.43. The summed E-state index contributed by atoms with van der Waals surface area (Å²) < 4.78 is 19.5. The third-order valence-corrected chi connectivity index (χ3v) is 3.66. The zero-order valence-corrected chi connectivity index (χ0v) is 12.8. The second kappa shape index (κ2) is 6.36. The summed E-state index contributed by atoms with van der Waals surface area (Å²) in [6.45, 7) is 2.03. The molecule has 1 amide bonds. The summed E-state index contributed by atoms with van der Waals surface area (Å²) in [5.41, 5.74) is 0.575. The molecular formula is C15H15FN4O4. The Morgan fingerprint density at radius 2 is 2.04 bits per heavy atom. The van der Waals surface area contributed by atoms with Crippen molar-refractivity contribution in [1.82, 2.24) is 19.7 Å². The van der Waals surface area contributed by atoms with Crippen molar-refractivity contribution in [2.45, 2.75) is 13.0 Å². The predicted molar refractivity (Wildman–Crippen MR) is 79.3 cm³/mol. The van der Waals surface area contributed by atoms with Gasteiger partial charge in [0.05, 0.1) is 18.8 Å². The Hall–Kier alpha value is -2.81. The van der Waals surface area contributed by atoms with Crippen molar-refractivity contribution in [1.29, 1.82) is 0 Å². The molecule has 2 heterocycles. The van der Waals surface area contributed by atoms with Crippen LogP contribution in [0.3, 0.4) is 0 Å².